The fraction of sp³-hybridized carbons (Fsp3) is 0.500. The lowest BCUT2D eigenvalue weighted by molar-refractivity contribution is 0.106. The van der Waals surface area contributed by atoms with Crippen LogP contribution in [0, 0.1) is 12.7 Å². The maximum Gasteiger partial charge on any atom is 0.146 e. The predicted molar refractivity (Wildman–Crippen MR) is 60.7 cm³/mol. The Kier molecular flexibility index (Phi) is 4.09. The van der Waals surface area contributed by atoms with Gasteiger partial charge in [-0.25, -0.2) is 4.39 Å². The first-order valence-corrected chi connectivity index (χ1v) is 5.10. The van der Waals surface area contributed by atoms with Gasteiger partial charge in [-0.3, -0.25) is 0 Å². The van der Waals surface area contributed by atoms with Crippen LogP contribution in [0.25, 0.3) is 0 Å². The molecule has 0 amide bonds. The van der Waals surface area contributed by atoms with Gasteiger partial charge in [0.2, 0.25) is 0 Å². The molecule has 0 aromatic heterocycles. The van der Waals surface area contributed by atoms with Crippen molar-refractivity contribution in [3.63, 3.8) is 0 Å². The topological polar surface area (TPSA) is 21.3 Å². The number of benzene rings is 1. The van der Waals surface area contributed by atoms with Crippen LogP contribution >= 0.6 is 0 Å². The van der Waals surface area contributed by atoms with E-state index in [-0.39, 0.29) is 18.0 Å². The third kappa shape index (κ3) is 3.20. The zero-order valence-corrected chi connectivity index (χ0v) is 9.67. The number of ether oxygens (including phenoxy) is 1. The second-order valence-corrected chi connectivity index (χ2v) is 3.86. The highest BCUT2D eigenvalue weighted by Crippen LogP contribution is 2.17. The monoisotopic (exact) mass is 211 g/mol. The Morgan fingerprint density at radius 3 is 2.60 bits per heavy atom. The molecule has 0 aliphatic heterocycles. The summed E-state index contributed by atoms with van der Waals surface area (Å²) in [7, 11) is 1.65. The maximum atomic E-state index is 13.4. The molecule has 0 fully saturated rings. The van der Waals surface area contributed by atoms with Gasteiger partial charge in [-0.15, -0.1) is 0 Å². The highest BCUT2D eigenvalue weighted by Gasteiger charge is 2.12. The van der Waals surface area contributed by atoms with Crippen LogP contribution < -0.4 is 5.32 Å². The van der Waals surface area contributed by atoms with E-state index in [0.29, 0.717) is 5.69 Å². The second kappa shape index (κ2) is 5.12. The Hall–Kier alpha value is -1.09. The molecular weight excluding hydrogens is 193 g/mol. The van der Waals surface area contributed by atoms with Gasteiger partial charge in [0.25, 0.3) is 0 Å². The Morgan fingerprint density at radius 1 is 1.33 bits per heavy atom. The number of halogens is 1. The average Bonchev–Trinajstić information content (AvgIpc) is 2.22. The molecule has 1 rings (SSSR count). The number of rotatable bonds is 4. The van der Waals surface area contributed by atoms with Crippen molar-refractivity contribution in [1.29, 1.82) is 0 Å². The van der Waals surface area contributed by atoms with E-state index in [1.807, 2.05) is 20.8 Å². The summed E-state index contributed by atoms with van der Waals surface area (Å²) in [6.45, 7) is 5.86. The zero-order chi connectivity index (χ0) is 11.4. The van der Waals surface area contributed by atoms with E-state index in [2.05, 4.69) is 5.32 Å². The number of nitrogens with one attached hydrogen (secondary N) is 1. The molecule has 0 aliphatic carbocycles. The molecule has 84 valence electrons. The minimum Gasteiger partial charge on any atom is -0.380 e. The molecule has 15 heavy (non-hydrogen) atoms. The van der Waals surface area contributed by atoms with Gasteiger partial charge >= 0.3 is 0 Å². The summed E-state index contributed by atoms with van der Waals surface area (Å²) < 4.78 is 18.6. The first-order chi connectivity index (χ1) is 7.04. The fourth-order valence-corrected chi connectivity index (χ4v) is 1.32. The van der Waals surface area contributed by atoms with Gasteiger partial charge in [0.15, 0.2) is 0 Å². The lowest BCUT2D eigenvalue weighted by Crippen LogP contribution is -2.30. The van der Waals surface area contributed by atoms with Gasteiger partial charge in [-0.1, -0.05) is 6.07 Å². The van der Waals surface area contributed by atoms with E-state index in [4.69, 9.17) is 4.74 Å². The minimum atomic E-state index is -0.226. The zero-order valence-electron chi connectivity index (χ0n) is 9.67. The third-order valence-electron chi connectivity index (χ3n) is 2.58. The number of methoxy groups -OCH3 is 1. The van der Waals surface area contributed by atoms with Crippen LogP contribution in [0.3, 0.4) is 0 Å². The van der Waals surface area contributed by atoms with E-state index in [0.717, 1.165) is 5.56 Å². The van der Waals surface area contributed by atoms with Gasteiger partial charge in [0.1, 0.15) is 5.82 Å². The molecule has 3 heteroatoms. The molecule has 0 aliphatic rings. The highest BCUT2D eigenvalue weighted by molar-refractivity contribution is 5.47. The summed E-state index contributed by atoms with van der Waals surface area (Å²) in [4.78, 5) is 0. The van der Waals surface area contributed by atoms with Crippen LogP contribution in [0.1, 0.15) is 19.4 Å². The molecule has 2 nitrogen and oxygen atoms in total. The summed E-state index contributed by atoms with van der Waals surface area (Å²) in [6.07, 6.45) is 0.0462. The molecule has 0 heterocycles. The standard InChI is InChI=1S/C12H18FNO/c1-8-5-6-11(13)12(7-8)14-9(2)10(3)15-4/h5-7,9-10,14H,1-4H3. The Labute approximate surface area is 90.4 Å². The van der Waals surface area contributed by atoms with Crippen LogP contribution in [-0.4, -0.2) is 19.3 Å². The van der Waals surface area contributed by atoms with Crippen molar-refractivity contribution < 1.29 is 9.13 Å². The van der Waals surface area contributed by atoms with Crippen LogP contribution in [0.2, 0.25) is 0 Å². The first-order valence-electron chi connectivity index (χ1n) is 5.10. The summed E-state index contributed by atoms with van der Waals surface area (Å²) in [6, 6.07) is 5.10. The Bertz CT molecular complexity index is 327. The van der Waals surface area contributed by atoms with Crippen molar-refractivity contribution in [2.75, 3.05) is 12.4 Å². The van der Waals surface area contributed by atoms with Crippen LogP contribution in [-0.2, 0) is 4.74 Å². The van der Waals surface area contributed by atoms with Crippen LogP contribution in [0.4, 0.5) is 10.1 Å². The van der Waals surface area contributed by atoms with Gasteiger partial charge < -0.3 is 10.1 Å². The van der Waals surface area contributed by atoms with Gasteiger partial charge in [0, 0.05) is 13.2 Å². The third-order valence-corrected chi connectivity index (χ3v) is 2.58. The smallest absolute Gasteiger partial charge is 0.146 e. The molecule has 0 radical (unpaired) electrons. The van der Waals surface area contributed by atoms with E-state index in [1.54, 1.807) is 19.2 Å². The highest BCUT2D eigenvalue weighted by atomic mass is 19.1. The van der Waals surface area contributed by atoms with Crippen LogP contribution in [0.15, 0.2) is 18.2 Å². The predicted octanol–water partition coefficient (Wildman–Crippen LogP) is 2.97. The van der Waals surface area contributed by atoms with Crippen molar-refractivity contribution in [3.8, 4) is 0 Å². The van der Waals surface area contributed by atoms with E-state index in [9.17, 15) is 4.39 Å². The summed E-state index contributed by atoms with van der Waals surface area (Å²) >= 11 is 0. The van der Waals surface area contributed by atoms with Crippen molar-refractivity contribution in [2.24, 2.45) is 0 Å². The molecule has 1 aromatic rings. The number of anilines is 1. The van der Waals surface area contributed by atoms with Gasteiger partial charge in [-0.05, 0) is 38.5 Å². The fourth-order valence-electron chi connectivity index (χ4n) is 1.32. The molecular formula is C12H18FNO. The lowest BCUT2D eigenvalue weighted by Gasteiger charge is -2.21. The first kappa shape index (κ1) is 12.0. The van der Waals surface area contributed by atoms with E-state index >= 15 is 0 Å². The van der Waals surface area contributed by atoms with Crippen molar-refractivity contribution in [2.45, 2.75) is 32.9 Å². The number of aryl methyl sites for hydroxylation is 1. The van der Waals surface area contributed by atoms with Crippen molar-refractivity contribution in [3.05, 3.63) is 29.6 Å². The molecule has 0 bridgehead atoms. The quantitative estimate of drug-likeness (QED) is 0.826. The Balaban J connectivity index is 2.75. The molecule has 0 saturated carbocycles. The number of hydrogen-bond donors (Lipinski definition) is 1. The molecule has 0 spiro atoms. The SMILES string of the molecule is COC(C)C(C)Nc1cc(C)ccc1F. The van der Waals surface area contributed by atoms with Crippen molar-refractivity contribution >= 4 is 5.69 Å². The normalized spacial score (nSPS) is 14.7. The van der Waals surface area contributed by atoms with Crippen molar-refractivity contribution in [1.82, 2.24) is 0 Å². The summed E-state index contributed by atoms with van der Waals surface area (Å²) in [5, 5.41) is 3.10. The van der Waals surface area contributed by atoms with Gasteiger partial charge in [0.05, 0.1) is 11.8 Å². The summed E-state index contributed by atoms with van der Waals surface area (Å²) in [5.74, 6) is -0.226. The molecule has 1 N–H and O–H groups in total. The van der Waals surface area contributed by atoms with Gasteiger partial charge in [-0.2, -0.15) is 0 Å². The summed E-state index contributed by atoms with van der Waals surface area (Å²) in [5.41, 5.74) is 1.57. The molecule has 0 saturated heterocycles. The van der Waals surface area contributed by atoms with Crippen LogP contribution in [0.5, 0.6) is 0 Å². The molecule has 2 unspecified atom stereocenters. The second-order valence-electron chi connectivity index (χ2n) is 3.86. The van der Waals surface area contributed by atoms with E-state index in [1.165, 1.54) is 6.07 Å². The van der Waals surface area contributed by atoms with E-state index < -0.39 is 0 Å². The average molecular weight is 211 g/mol. The Morgan fingerprint density at radius 2 is 2.00 bits per heavy atom. The lowest BCUT2D eigenvalue weighted by atomic mass is 10.1. The number of hydrogen-bond acceptors (Lipinski definition) is 2. The largest absolute Gasteiger partial charge is 0.380 e. The molecule has 2 atom stereocenters. The molecule has 1 aromatic carbocycles. The minimum absolute atomic E-state index is 0.0462. The maximum absolute atomic E-state index is 13.4.